The van der Waals surface area contributed by atoms with Crippen molar-refractivity contribution in [2.75, 3.05) is 11.8 Å². The van der Waals surface area contributed by atoms with Gasteiger partial charge in [0, 0.05) is 5.02 Å². The fraction of sp³-hybridized carbons (Fsp3) is 0.250. The molecule has 6 nitrogen and oxygen atoms in total. The third kappa shape index (κ3) is 3.17. The molecule has 0 amide bonds. The molecule has 114 valence electrons. The molecule has 2 aromatic rings. The van der Waals surface area contributed by atoms with Gasteiger partial charge in [-0.05, 0) is 41.9 Å². The molecule has 0 saturated heterocycles. The summed E-state index contributed by atoms with van der Waals surface area (Å²) in [5.74, 6) is 0.349. The number of hydrogen-bond donors (Lipinski definition) is 2. The van der Waals surface area contributed by atoms with Crippen molar-refractivity contribution in [2.45, 2.75) is 18.7 Å². The van der Waals surface area contributed by atoms with Crippen LogP contribution in [0.5, 0.6) is 5.75 Å². The minimum absolute atomic E-state index is 0.112. The second-order valence-electron chi connectivity index (χ2n) is 4.34. The molecule has 0 aliphatic heterocycles. The van der Waals surface area contributed by atoms with E-state index in [0.717, 1.165) is 0 Å². The van der Waals surface area contributed by atoms with Crippen molar-refractivity contribution in [1.29, 1.82) is 0 Å². The molecule has 0 unspecified atom stereocenters. The van der Waals surface area contributed by atoms with Gasteiger partial charge in [-0.15, -0.1) is 0 Å². The lowest BCUT2D eigenvalue weighted by molar-refractivity contribution is 0.414. The van der Waals surface area contributed by atoms with Gasteiger partial charge >= 0.3 is 0 Å². The van der Waals surface area contributed by atoms with Crippen molar-refractivity contribution >= 4 is 43.2 Å². The highest BCUT2D eigenvalue weighted by Gasteiger charge is 2.24. The van der Waals surface area contributed by atoms with Gasteiger partial charge in [0.25, 0.3) is 10.0 Å². The summed E-state index contributed by atoms with van der Waals surface area (Å²) in [6.07, 6.45) is 0. The molecule has 0 radical (unpaired) electrons. The molecule has 0 spiro atoms. The van der Waals surface area contributed by atoms with Gasteiger partial charge in [-0.25, -0.2) is 8.42 Å². The van der Waals surface area contributed by atoms with E-state index in [1.54, 1.807) is 19.9 Å². The highest BCUT2D eigenvalue weighted by molar-refractivity contribution is 9.10. The largest absolute Gasteiger partial charge is 0.493 e. The van der Waals surface area contributed by atoms with Gasteiger partial charge in [-0.3, -0.25) is 9.82 Å². The number of methoxy groups -OCH3 is 1. The lowest BCUT2D eigenvalue weighted by Gasteiger charge is -2.13. The van der Waals surface area contributed by atoms with E-state index in [9.17, 15) is 8.42 Å². The number of nitrogens with one attached hydrogen (secondary N) is 2. The first kappa shape index (κ1) is 16.1. The molecule has 0 bridgehead atoms. The number of halogens is 2. The number of aromatic amines is 1. The van der Waals surface area contributed by atoms with Crippen molar-refractivity contribution < 1.29 is 13.2 Å². The Morgan fingerprint density at radius 2 is 2.05 bits per heavy atom. The first-order valence-electron chi connectivity index (χ1n) is 5.83. The SMILES string of the molecule is COc1c(Br)cc(Cl)cc1NS(=O)(=O)c1c(C)n[nH]c1C. The van der Waals surface area contributed by atoms with Crippen LogP contribution >= 0.6 is 27.5 Å². The van der Waals surface area contributed by atoms with Gasteiger partial charge < -0.3 is 4.74 Å². The fourth-order valence-corrected chi connectivity index (χ4v) is 4.37. The number of hydrogen-bond acceptors (Lipinski definition) is 4. The lowest BCUT2D eigenvalue weighted by Crippen LogP contribution is -2.15. The summed E-state index contributed by atoms with van der Waals surface area (Å²) in [5.41, 5.74) is 1.09. The van der Waals surface area contributed by atoms with E-state index in [-0.39, 0.29) is 10.6 Å². The first-order valence-corrected chi connectivity index (χ1v) is 8.49. The van der Waals surface area contributed by atoms with Crippen LogP contribution in [0.2, 0.25) is 5.02 Å². The number of benzene rings is 1. The summed E-state index contributed by atoms with van der Waals surface area (Å²) in [4.78, 5) is 0.112. The molecule has 21 heavy (non-hydrogen) atoms. The molecule has 2 N–H and O–H groups in total. The van der Waals surface area contributed by atoms with Gasteiger partial charge in [0.1, 0.15) is 4.90 Å². The number of H-pyrrole nitrogens is 1. The van der Waals surface area contributed by atoms with Crippen LogP contribution in [-0.2, 0) is 10.0 Å². The minimum atomic E-state index is -3.80. The zero-order valence-electron chi connectivity index (χ0n) is 11.5. The molecule has 0 aliphatic rings. The Balaban J connectivity index is 2.52. The van der Waals surface area contributed by atoms with E-state index in [1.807, 2.05) is 0 Å². The predicted molar refractivity (Wildman–Crippen MR) is 84.6 cm³/mol. The van der Waals surface area contributed by atoms with Crippen LogP contribution < -0.4 is 9.46 Å². The second-order valence-corrected chi connectivity index (χ2v) is 7.25. The maximum absolute atomic E-state index is 12.5. The topological polar surface area (TPSA) is 84.1 Å². The Kier molecular flexibility index (Phi) is 4.50. The van der Waals surface area contributed by atoms with Crippen LogP contribution in [0.15, 0.2) is 21.5 Å². The van der Waals surface area contributed by atoms with Gasteiger partial charge in [0.05, 0.1) is 28.7 Å². The minimum Gasteiger partial charge on any atom is -0.493 e. The second kappa shape index (κ2) is 5.86. The van der Waals surface area contributed by atoms with Crippen LogP contribution in [0, 0.1) is 13.8 Å². The van der Waals surface area contributed by atoms with E-state index in [0.29, 0.717) is 26.6 Å². The summed E-state index contributed by atoms with van der Waals surface area (Å²) in [6.45, 7) is 3.25. The quantitative estimate of drug-likeness (QED) is 0.833. The Hall–Kier alpha value is -1.25. The van der Waals surface area contributed by atoms with Gasteiger partial charge in [-0.1, -0.05) is 11.6 Å². The van der Waals surface area contributed by atoms with Crippen LogP contribution in [0.25, 0.3) is 0 Å². The molecular weight excluding hydrogens is 382 g/mol. The maximum Gasteiger partial charge on any atom is 0.265 e. The van der Waals surface area contributed by atoms with Gasteiger partial charge in [0.15, 0.2) is 5.75 Å². The van der Waals surface area contributed by atoms with Crippen molar-refractivity contribution in [3.05, 3.63) is 33.0 Å². The smallest absolute Gasteiger partial charge is 0.265 e. The van der Waals surface area contributed by atoms with E-state index >= 15 is 0 Å². The van der Waals surface area contributed by atoms with Crippen molar-refractivity contribution in [2.24, 2.45) is 0 Å². The molecule has 0 saturated carbocycles. The summed E-state index contributed by atoms with van der Waals surface area (Å²) in [7, 11) is -2.36. The third-order valence-corrected chi connectivity index (χ3v) is 5.22. The van der Waals surface area contributed by atoms with Crippen LogP contribution in [0.4, 0.5) is 5.69 Å². The number of rotatable bonds is 4. The van der Waals surface area contributed by atoms with E-state index in [2.05, 4.69) is 30.8 Å². The van der Waals surface area contributed by atoms with Crippen LogP contribution in [-0.4, -0.2) is 25.7 Å². The average molecular weight is 395 g/mol. The zero-order valence-corrected chi connectivity index (χ0v) is 14.6. The molecule has 9 heteroatoms. The number of anilines is 1. The maximum atomic E-state index is 12.5. The molecule has 1 aromatic heterocycles. The highest BCUT2D eigenvalue weighted by atomic mass is 79.9. The predicted octanol–water partition coefficient (Wildman–Crippen LogP) is 3.25. The monoisotopic (exact) mass is 393 g/mol. The third-order valence-electron chi connectivity index (χ3n) is 2.79. The van der Waals surface area contributed by atoms with Crippen molar-refractivity contribution in [1.82, 2.24) is 10.2 Å². The number of ether oxygens (including phenoxy) is 1. The van der Waals surface area contributed by atoms with Gasteiger partial charge in [-0.2, -0.15) is 5.10 Å². The normalized spacial score (nSPS) is 11.5. The van der Waals surface area contributed by atoms with E-state index in [4.69, 9.17) is 16.3 Å². The number of aryl methyl sites for hydroxylation is 2. The summed E-state index contributed by atoms with van der Waals surface area (Å²) in [5, 5.41) is 6.91. The zero-order chi connectivity index (χ0) is 15.8. The number of sulfonamides is 1. The molecule has 0 aliphatic carbocycles. The van der Waals surface area contributed by atoms with Crippen molar-refractivity contribution in [3.63, 3.8) is 0 Å². The van der Waals surface area contributed by atoms with Gasteiger partial charge in [0.2, 0.25) is 0 Å². The summed E-state index contributed by atoms with van der Waals surface area (Å²) in [6, 6.07) is 3.10. The Morgan fingerprint density at radius 3 is 2.57 bits per heavy atom. The number of nitrogens with zero attached hydrogens (tertiary/aromatic N) is 1. The van der Waals surface area contributed by atoms with E-state index in [1.165, 1.54) is 13.2 Å². The summed E-state index contributed by atoms with van der Waals surface area (Å²) >= 11 is 9.24. The van der Waals surface area contributed by atoms with Crippen LogP contribution in [0.1, 0.15) is 11.4 Å². The first-order chi connectivity index (χ1) is 9.76. The molecule has 0 fully saturated rings. The molecular formula is C12H13BrClN3O3S. The molecule has 1 aromatic carbocycles. The Labute approximate surface area is 136 Å². The molecule has 1 heterocycles. The highest BCUT2D eigenvalue weighted by Crippen LogP contribution is 2.37. The number of aromatic nitrogens is 2. The average Bonchev–Trinajstić information content (AvgIpc) is 2.68. The van der Waals surface area contributed by atoms with Crippen LogP contribution in [0.3, 0.4) is 0 Å². The Bertz CT molecular complexity index is 770. The summed E-state index contributed by atoms with van der Waals surface area (Å²) < 4.78 is 33.2. The lowest BCUT2D eigenvalue weighted by atomic mass is 10.3. The molecule has 2 rings (SSSR count). The fourth-order valence-electron chi connectivity index (χ4n) is 1.98. The Morgan fingerprint density at radius 1 is 1.38 bits per heavy atom. The van der Waals surface area contributed by atoms with Crippen molar-refractivity contribution in [3.8, 4) is 5.75 Å². The van der Waals surface area contributed by atoms with E-state index < -0.39 is 10.0 Å². The molecule has 0 atom stereocenters. The standard InChI is InChI=1S/C12H13BrClN3O3S/c1-6-12(7(2)16-15-6)21(18,19)17-10-5-8(14)4-9(13)11(10)20-3/h4-5,17H,1-3H3,(H,15,16).